The SMILES string of the molecule is COc1cc(CN2CCC(O)CC2)cc2c1OCO2. The van der Waals surface area contributed by atoms with Crippen molar-refractivity contribution in [3.8, 4) is 17.2 Å². The zero-order valence-corrected chi connectivity index (χ0v) is 11.1. The number of aliphatic hydroxyl groups excluding tert-OH is 1. The summed E-state index contributed by atoms with van der Waals surface area (Å²) in [7, 11) is 1.64. The minimum absolute atomic E-state index is 0.137. The van der Waals surface area contributed by atoms with E-state index in [1.807, 2.05) is 12.1 Å². The second kappa shape index (κ2) is 5.27. The first kappa shape index (κ1) is 12.6. The van der Waals surface area contributed by atoms with Gasteiger partial charge in [-0.05, 0) is 30.5 Å². The maximum atomic E-state index is 9.52. The van der Waals surface area contributed by atoms with Gasteiger partial charge < -0.3 is 19.3 Å². The zero-order valence-electron chi connectivity index (χ0n) is 11.1. The third-order valence-corrected chi connectivity index (χ3v) is 3.68. The molecular weight excluding hydrogens is 246 g/mol. The van der Waals surface area contributed by atoms with Gasteiger partial charge in [-0.2, -0.15) is 0 Å². The van der Waals surface area contributed by atoms with Gasteiger partial charge in [0.1, 0.15) is 0 Å². The van der Waals surface area contributed by atoms with E-state index in [1.54, 1.807) is 7.11 Å². The second-order valence-corrected chi connectivity index (χ2v) is 5.04. The van der Waals surface area contributed by atoms with E-state index in [0.29, 0.717) is 5.75 Å². The molecule has 2 aliphatic heterocycles. The topological polar surface area (TPSA) is 51.2 Å². The van der Waals surface area contributed by atoms with Crippen LogP contribution in [-0.4, -0.2) is 43.1 Å². The highest BCUT2D eigenvalue weighted by Crippen LogP contribution is 2.42. The summed E-state index contributed by atoms with van der Waals surface area (Å²) in [6.45, 7) is 2.96. The standard InChI is InChI=1S/C14H19NO4/c1-17-12-6-10(7-13-14(12)19-9-18-13)8-15-4-2-11(16)3-5-15/h6-7,11,16H,2-5,8-9H2,1H3. The van der Waals surface area contributed by atoms with Gasteiger partial charge in [0.05, 0.1) is 13.2 Å². The highest BCUT2D eigenvalue weighted by molar-refractivity contribution is 5.55. The number of nitrogens with zero attached hydrogens (tertiary/aromatic N) is 1. The van der Waals surface area contributed by atoms with Crippen LogP contribution >= 0.6 is 0 Å². The van der Waals surface area contributed by atoms with Gasteiger partial charge in [0.2, 0.25) is 12.5 Å². The quantitative estimate of drug-likeness (QED) is 0.895. The minimum atomic E-state index is -0.137. The van der Waals surface area contributed by atoms with Gasteiger partial charge in [-0.1, -0.05) is 0 Å². The summed E-state index contributed by atoms with van der Waals surface area (Å²) in [5, 5.41) is 9.52. The molecule has 5 nitrogen and oxygen atoms in total. The molecule has 0 aliphatic carbocycles. The maximum absolute atomic E-state index is 9.52. The Kier molecular flexibility index (Phi) is 3.48. The number of hydrogen-bond donors (Lipinski definition) is 1. The van der Waals surface area contributed by atoms with Crippen LogP contribution < -0.4 is 14.2 Å². The van der Waals surface area contributed by atoms with Crippen LogP contribution in [-0.2, 0) is 6.54 Å². The fourth-order valence-corrected chi connectivity index (χ4v) is 2.61. The Bertz CT molecular complexity index is 455. The predicted octanol–water partition coefficient (Wildman–Crippen LogP) is 1.38. The summed E-state index contributed by atoms with van der Waals surface area (Å²) >= 11 is 0. The van der Waals surface area contributed by atoms with Crippen LogP contribution in [0.25, 0.3) is 0 Å². The van der Waals surface area contributed by atoms with E-state index >= 15 is 0 Å². The second-order valence-electron chi connectivity index (χ2n) is 5.04. The Hall–Kier alpha value is -1.46. The van der Waals surface area contributed by atoms with Crippen molar-refractivity contribution < 1.29 is 19.3 Å². The average Bonchev–Trinajstić information content (AvgIpc) is 2.89. The maximum Gasteiger partial charge on any atom is 0.231 e. The molecule has 0 aromatic heterocycles. The molecule has 1 saturated heterocycles. The Balaban J connectivity index is 1.74. The van der Waals surface area contributed by atoms with Gasteiger partial charge in [-0.3, -0.25) is 4.90 Å². The van der Waals surface area contributed by atoms with Crippen molar-refractivity contribution in [3.63, 3.8) is 0 Å². The third kappa shape index (κ3) is 2.62. The van der Waals surface area contributed by atoms with Crippen molar-refractivity contribution in [2.45, 2.75) is 25.5 Å². The van der Waals surface area contributed by atoms with Crippen molar-refractivity contribution in [3.05, 3.63) is 17.7 Å². The lowest BCUT2D eigenvalue weighted by atomic mass is 10.1. The Morgan fingerprint density at radius 2 is 2.11 bits per heavy atom. The van der Waals surface area contributed by atoms with Crippen molar-refractivity contribution in [1.29, 1.82) is 0 Å². The summed E-state index contributed by atoms with van der Waals surface area (Å²) in [6, 6.07) is 4.01. The average molecular weight is 265 g/mol. The van der Waals surface area contributed by atoms with Gasteiger partial charge in [-0.15, -0.1) is 0 Å². The van der Waals surface area contributed by atoms with E-state index < -0.39 is 0 Å². The fourth-order valence-electron chi connectivity index (χ4n) is 2.61. The molecule has 104 valence electrons. The number of ether oxygens (including phenoxy) is 3. The van der Waals surface area contributed by atoms with Crippen LogP contribution in [0.4, 0.5) is 0 Å². The van der Waals surface area contributed by atoms with Crippen LogP contribution in [0.3, 0.4) is 0 Å². The van der Waals surface area contributed by atoms with E-state index in [-0.39, 0.29) is 12.9 Å². The molecule has 0 saturated carbocycles. The Morgan fingerprint density at radius 1 is 1.32 bits per heavy atom. The minimum Gasteiger partial charge on any atom is -0.493 e. The molecule has 0 bridgehead atoms. The fraction of sp³-hybridized carbons (Fsp3) is 0.571. The molecule has 1 aromatic rings. The lowest BCUT2D eigenvalue weighted by molar-refractivity contribution is 0.0792. The molecule has 0 unspecified atom stereocenters. The molecule has 2 aliphatic rings. The van der Waals surface area contributed by atoms with E-state index in [9.17, 15) is 5.11 Å². The van der Waals surface area contributed by atoms with Gasteiger partial charge >= 0.3 is 0 Å². The van der Waals surface area contributed by atoms with E-state index in [1.165, 1.54) is 0 Å². The summed E-state index contributed by atoms with van der Waals surface area (Å²) in [4.78, 5) is 2.34. The van der Waals surface area contributed by atoms with Crippen LogP contribution in [0.1, 0.15) is 18.4 Å². The molecular formula is C14H19NO4. The van der Waals surface area contributed by atoms with Gasteiger partial charge in [-0.25, -0.2) is 0 Å². The molecule has 5 heteroatoms. The predicted molar refractivity (Wildman–Crippen MR) is 69.6 cm³/mol. The normalized spacial score (nSPS) is 19.7. The Morgan fingerprint density at radius 3 is 2.84 bits per heavy atom. The summed E-state index contributed by atoms with van der Waals surface area (Å²) in [5.41, 5.74) is 1.15. The first-order valence-corrected chi connectivity index (χ1v) is 6.63. The van der Waals surface area contributed by atoms with E-state index in [4.69, 9.17) is 14.2 Å². The highest BCUT2D eigenvalue weighted by atomic mass is 16.7. The monoisotopic (exact) mass is 265 g/mol. The molecule has 0 amide bonds. The number of likely N-dealkylation sites (tertiary alicyclic amines) is 1. The first-order chi connectivity index (χ1) is 9.26. The number of rotatable bonds is 3. The van der Waals surface area contributed by atoms with Gasteiger partial charge in [0.25, 0.3) is 0 Å². The van der Waals surface area contributed by atoms with E-state index in [2.05, 4.69) is 4.90 Å². The number of piperidine rings is 1. The lowest BCUT2D eigenvalue weighted by Crippen LogP contribution is -2.35. The van der Waals surface area contributed by atoms with Crippen molar-refractivity contribution in [2.24, 2.45) is 0 Å². The van der Waals surface area contributed by atoms with Crippen LogP contribution in [0.5, 0.6) is 17.2 Å². The molecule has 2 heterocycles. The molecule has 1 N–H and O–H groups in total. The number of methoxy groups -OCH3 is 1. The smallest absolute Gasteiger partial charge is 0.231 e. The molecule has 0 radical (unpaired) electrons. The molecule has 1 fully saturated rings. The first-order valence-electron chi connectivity index (χ1n) is 6.63. The third-order valence-electron chi connectivity index (χ3n) is 3.68. The summed E-state index contributed by atoms with van der Waals surface area (Å²) in [6.07, 6.45) is 1.56. The number of fused-ring (bicyclic) bond motifs is 1. The van der Waals surface area contributed by atoms with Crippen LogP contribution in [0.15, 0.2) is 12.1 Å². The van der Waals surface area contributed by atoms with E-state index in [0.717, 1.165) is 49.5 Å². The molecule has 0 spiro atoms. The lowest BCUT2D eigenvalue weighted by Gasteiger charge is -2.29. The number of hydrogen-bond acceptors (Lipinski definition) is 5. The largest absolute Gasteiger partial charge is 0.493 e. The number of aliphatic hydroxyl groups is 1. The van der Waals surface area contributed by atoms with Gasteiger partial charge in [0, 0.05) is 19.6 Å². The zero-order chi connectivity index (χ0) is 13.2. The van der Waals surface area contributed by atoms with Crippen molar-refractivity contribution in [2.75, 3.05) is 27.0 Å². The summed E-state index contributed by atoms with van der Waals surface area (Å²) < 4.78 is 16.2. The van der Waals surface area contributed by atoms with Crippen molar-refractivity contribution >= 4 is 0 Å². The molecule has 1 aromatic carbocycles. The van der Waals surface area contributed by atoms with Crippen LogP contribution in [0.2, 0.25) is 0 Å². The van der Waals surface area contributed by atoms with Crippen molar-refractivity contribution in [1.82, 2.24) is 4.90 Å². The molecule has 3 rings (SSSR count). The van der Waals surface area contributed by atoms with Crippen LogP contribution in [0, 0.1) is 0 Å². The number of benzene rings is 1. The summed E-state index contributed by atoms with van der Waals surface area (Å²) in [5.74, 6) is 2.17. The Labute approximate surface area is 112 Å². The highest BCUT2D eigenvalue weighted by Gasteiger charge is 2.22. The van der Waals surface area contributed by atoms with Gasteiger partial charge in [0.15, 0.2) is 11.5 Å². The molecule has 0 atom stereocenters. The molecule has 19 heavy (non-hydrogen) atoms.